The molecule has 0 aromatic heterocycles. The third kappa shape index (κ3) is 3.16. The number of hydrogen-bond donors (Lipinski definition) is 1. The monoisotopic (exact) mass is 280 g/mol. The van der Waals surface area contributed by atoms with E-state index in [-0.39, 0.29) is 24.0 Å². The highest BCUT2D eigenvalue weighted by Gasteiger charge is 2.22. The molecule has 0 aliphatic carbocycles. The molecular weight excluding hydrogens is 265 g/mol. The molecule has 18 heavy (non-hydrogen) atoms. The van der Waals surface area contributed by atoms with Crippen LogP contribution in [0, 0.1) is 17.5 Å². The van der Waals surface area contributed by atoms with Crippen LogP contribution in [0.5, 0.6) is 0 Å². The van der Waals surface area contributed by atoms with Crippen molar-refractivity contribution in [2.75, 3.05) is 26.2 Å². The lowest BCUT2D eigenvalue weighted by molar-refractivity contribution is 0.182. The Kier molecular flexibility index (Phi) is 5.44. The van der Waals surface area contributed by atoms with Crippen LogP contribution in [0.3, 0.4) is 0 Å². The lowest BCUT2D eigenvalue weighted by atomic mass is 10.1. The summed E-state index contributed by atoms with van der Waals surface area (Å²) in [5.74, 6) is -2.82. The average molecular weight is 281 g/mol. The fraction of sp³-hybridized carbons (Fsp3) is 0.500. The molecule has 1 saturated heterocycles. The van der Waals surface area contributed by atoms with Gasteiger partial charge in [0.05, 0.1) is 0 Å². The first kappa shape index (κ1) is 15.3. The van der Waals surface area contributed by atoms with Crippen LogP contribution in [-0.4, -0.2) is 31.1 Å². The van der Waals surface area contributed by atoms with Crippen LogP contribution < -0.4 is 5.32 Å². The van der Waals surface area contributed by atoms with Crippen LogP contribution in [-0.2, 0) is 0 Å². The highest BCUT2D eigenvalue weighted by Crippen LogP contribution is 2.25. The minimum Gasteiger partial charge on any atom is -0.314 e. The van der Waals surface area contributed by atoms with Crippen LogP contribution >= 0.6 is 12.4 Å². The molecule has 1 heterocycles. The van der Waals surface area contributed by atoms with Crippen molar-refractivity contribution in [2.45, 2.75) is 13.0 Å². The van der Waals surface area contributed by atoms with Gasteiger partial charge in [-0.3, -0.25) is 4.90 Å². The number of halogens is 4. The summed E-state index contributed by atoms with van der Waals surface area (Å²) in [6, 6.07) is 1.33. The molecule has 0 bridgehead atoms. The molecule has 6 heteroatoms. The fourth-order valence-electron chi connectivity index (χ4n) is 2.12. The Morgan fingerprint density at radius 2 is 1.61 bits per heavy atom. The molecule has 1 aromatic carbocycles. The zero-order chi connectivity index (χ0) is 12.4. The summed E-state index contributed by atoms with van der Waals surface area (Å²) in [5, 5.41) is 3.19. The van der Waals surface area contributed by atoms with Gasteiger partial charge in [0.2, 0.25) is 0 Å². The lowest BCUT2D eigenvalue weighted by Gasteiger charge is -2.33. The van der Waals surface area contributed by atoms with E-state index in [1.54, 1.807) is 6.92 Å². The molecule has 2 rings (SSSR count). The van der Waals surface area contributed by atoms with Gasteiger partial charge < -0.3 is 5.32 Å². The number of rotatable bonds is 2. The highest BCUT2D eigenvalue weighted by molar-refractivity contribution is 5.85. The minimum atomic E-state index is -1.14. The van der Waals surface area contributed by atoms with Gasteiger partial charge in [-0.25, -0.2) is 13.2 Å². The number of hydrogen-bond acceptors (Lipinski definition) is 2. The normalized spacial score (nSPS) is 18.2. The second kappa shape index (κ2) is 6.41. The Balaban J connectivity index is 0.00000162. The molecule has 1 N–H and O–H groups in total. The number of nitrogens with zero attached hydrogens (tertiary/aromatic N) is 1. The molecule has 0 unspecified atom stereocenters. The van der Waals surface area contributed by atoms with Crippen molar-refractivity contribution in [3.63, 3.8) is 0 Å². The molecule has 1 aliphatic heterocycles. The predicted octanol–water partition coefficient (Wildman–Crippen LogP) is 2.49. The lowest BCUT2D eigenvalue weighted by Crippen LogP contribution is -2.44. The van der Waals surface area contributed by atoms with Gasteiger partial charge in [-0.1, -0.05) is 0 Å². The summed E-state index contributed by atoms with van der Waals surface area (Å²) < 4.78 is 39.5. The summed E-state index contributed by atoms with van der Waals surface area (Å²) >= 11 is 0. The molecule has 1 atom stereocenters. The van der Waals surface area contributed by atoms with Crippen LogP contribution in [0.1, 0.15) is 18.5 Å². The molecule has 2 nitrogen and oxygen atoms in total. The molecule has 1 aromatic rings. The van der Waals surface area contributed by atoms with E-state index in [0.717, 1.165) is 32.2 Å². The SMILES string of the molecule is C[C@H](c1cc(F)c(F)cc1F)N1CCNCC1.Cl. The van der Waals surface area contributed by atoms with Crippen LogP contribution in [0.15, 0.2) is 12.1 Å². The molecule has 0 spiro atoms. The van der Waals surface area contributed by atoms with Crippen LogP contribution in [0.25, 0.3) is 0 Å². The highest BCUT2D eigenvalue weighted by atomic mass is 35.5. The third-order valence-corrected chi connectivity index (χ3v) is 3.19. The van der Waals surface area contributed by atoms with E-state index in [1.807, 2.05) is 4.90 Å². The zero-order valence-corrected chi connectivity index (χ0v) is 10.9. The van der Waals surface area contributed by atoms with E-state index in [4.69, 9.17) is 0 Å². The first-order chi connectivity index (χ1) is 8.09. The maximum atomic E-state index is 13.6. The summed E-state index contributed by atoms with van der Waals surface area (Å²) in [4.78, 5) is 2.05. The molecule has 0 amide bonds. The Hall–Kier alpha value is -0.780. The number of benzene rings is 1. The molecule has 1 aliphatic rings. The van der Waals surface area contributed by atoms with Gasteiger partial charge >= 0.3 is 0 Å². The van der Waals surface area contributed by atoms with E-state index in [0.29, 0.717) is 6.07 Å². The van der Waals surface area contributed by atoms with Gasteiger partial charge in [0.15, 0.2) is 11.6 Å². The predicted molar refractivity (Wildman–Crippen MR) is 66.4 cm³/mol. The van der Waals surface area contributed by atoms with E-state index < -0.39 is 17.5 Å². The van der Waals surface area contributed by atoms with Crippen molar-refractivity contribution in [1.82, 2.24) is 10.2 Å². The van der Waals surface area contributed by atoms with Gasteiger partial charge in [0.25, 0.3) is 0 Å². The Labute approximate surface area is 111 Å². The Bertz CT molecular complexity index is 409. The van der Waals surface area contributed by atoms with Crippen LogP contribution in [0.2, 0.25) is 0 Å². The largest absolute Gasteiger partial charge is 0.314 e. The third-order valence-electron chi connectivity index (χ3n) is 3.19. The maximum absolute atomic E-state index is 13.6. The van der Waals surface area contributed by atoms with Gasteiger partial charge in [0, 0.05) is 43.9 Å². The second-order valence-electron chi connectivity index (χ2n) is 4.25. The molecular formula is C12H16ClF3N2. The number of nitrogens with one attached hydrogen (secondary N) is 1. The standard InChI is InChI=1S/C12H15F3N2.ClH/c1-8(17-4-2-16-3-5-17)9-6-11(14)12(15)7-10(9)13;/h6-8,16H,2-5H2,1H3;1H/t8-;/m1./s1. The first-order valence-electron chi connectivity index (χ1n) is 5.69. The molecule has 1 fully saturated rings. The quantitative estimate of drug-likeness (QED) is 0.838. The smallest absolute Gasteiger partial charge is 0.161 e. The van der Waals surface area contributed by atoms with E-state index in [1.165, 1.54) is 0 Å². The Morgan fingerprint density at radius 1 is 1.06 bits per heavy atom. The van der Waals surface area contributed by atoms with Crippen molar-refractivity contribution in [2.24, 2.45) is 0 Å². The minimum absolute atomic E-state index is 0. The second-order valence-corrected chi connectivity index (χ2v) is 4.25. The van der Waals surface area contributed by atoms with Crippen molar-refractivity contribution < 1.29 is 13.2 Å². The van der Waals surface area contributed by atoms with Gasteiger partial charge in [-0.15, -0.1) is 12.4 Å². The zero-order valence-electron chi connectivity index (χ0n) is 10.0. The van der Waals surface area contributed by atoms with Crippen molar-refractivity contribution in [3.05, 3.63) is 35.1 Å². The van der Waals surface area contributed by atoms with E-state index in [9.17, 15) is 13.2 Å². The number of piperazine rings is 1. The van der Waals surface area contributed by atoms with E-state index >= 15 is 0 Å². The molecule has 102 valence electrons. The topological polar surface area (TPSA) is 15.3 Å². The summed E-state index contributed by atoms with van der Waals surface area (Å²) in [6.45, 7) is 5.02. The Morgan fingerprint density at radius 3 is 2.22 bits per heavy atom. The van der Waals surface area contributed by atoms with Crippen molar-refractivity contribution >= 4 is 12.4 Å². The molecule has 0 radical (unpaired) electrons. The van der Waals surface area contributed by atoms with Crippen molar-refractivity contribution in [3.8, 4) is 0 Å². The van der Waals surface area contributed by atoms with E-state index in [2.05, 4.69) is 5.32 Å². The first-order valence-corrected chi connectivity index (χ1v) is 5.69. The fourth-order valence-corrected chi connectivity index (χ4v) is 2.12. The molecule has 0 saturated carbocycles. The van der Waals surface area contributed by atoms with Crippen molar-refractivity contribution in [1.29, 1.82) is 0 Å². The van der Waals surface area contributed by atoms with Gasteiger partial charge in [-0.2, -0.15) is 0 Å². The summed E-state index contributed by atoms with van der Waals surface area (Å²) in [5.41, 5.74) is 0.214. The summed E-state index contributed by atoms with van der Waals surface area (Å²) in [7, 11) is 0. The van der Waals surface area contributed by atoms with Crippen LogP contribution in [0.4, 0.5) is 13.2 Å². The maximum Gasteiger partial charge on any atom is 0.161 e. The van der Waals surface area contributed by atoms with Gasteiger partial charge in [-0.05, 0) is 13.0 Å². The average Bonchev–Trinajstić information content (AvgIpc) is 2.34. The summed E-state index contributed by atoms with van der Waals surface area (Å²) in [6.07, 6.45) is 0. The van der Waals surface area contributed by atoms with Gasteiger partial charge in [0.1, 0.15) is 5.82 Å².